The number of aromatic nitrogens is 1. The van der Waals surface area contributed by atoms with Crippen LogP contribution in [0.15, 0.2) is 35.7 Å². The van der Waals surface area contributed by atoms with Gasteiger partial charge in [-0.1, -0.05) is 44.2 Å². The van der Waals surface area contributed by atoms with Crippen LogP contribution in [0.3, 0.4) is 0 Å². The highest BCUT2D eigenvalue weighted by molar-refractivity contribution is 7.09. The predicted octanol–water partition coefficient (Wildman–Crippen LogP) is 4.56. The van der Waals surface area contributed by atoms with E-state index < -0.39 is 0 Å². The molecule has 2 rings (SSSR count). The number of rotatable bonds is 8. The topological polar surface area (TPSA) is 24.9 Å². The fourth-order valence-electron chi connectivity index (χ4n) is 2.82. The normalized spacial score (nSPS) is 14.0. The highest BCUT2D eigenvalue weighted by Gasteiger charge is 2.22. The third kappa shape index (κ3) is 4.65. The lowest BCUT2D eigenvalue weighted by atomic mass is 9.87. The lowest BCUT2D eigenvalue weighted by Gasteiger charge is -2.27. The van der Waals surface area contributed by atoms with Crippen LogP contribution in [0.1, 0.15) is 48.9 Å². The number of nitrogens with one attached hydrogen (secondary N) is 1. The number of aryl methyl sites for hydroxylation is 1. The van der Waals surface area contributed by atoms with E-state index in [2.05, 4.69) is 66.8 Å². The first-order valence-corrected chi connectivity index (χ1v) is 8.81. The molecule has 2 unspecified atom stereocenters. The van der Waals surface area contributed by atoms with Crippen LogP contribution in [-0.4, -0.2) is 17.6 Å². The van der Waals surface area contributed by atoms with Gasteiger partial charge in [-0.05, 0) is 37.8 Å². The molecule has 2 atom stereocenters. The number of hydrogen-bond donors (Lipinski definition) is 1. The monoisotopic (exact) mass is 302 g/mol. The van der Waals surface area contributed by atoms with E-state index in [-0.39, 0.29) is 0 Å². The van der Waals surface area contributed by atoms with Gasteiger partial charge in [-0.15, -0.1) is 11.3 Å². The average molecular weight is 302 g/mol. The standard InChI is InChI=1S/C18H26N2S/c1-4-11-19-17(12-18-20-14(3)13-21-18)16(5-2)15-9-7-6-8-10-15/h6-10,13,16-17,19H,4-5,11-12H2,1-3H3. The van der Waals surface area contributed by atoms with Crippen LogP contribution in [0.4, 0.5) is 0 Å². The van der Waals surface area contributed by atoms with Crippen LogP contribution < -0.4 is 5.32 Å². The molecule has 114 valence electrons. The van der Waals surface area contributed by atoms with Crippen molar-refractivity contribution in [2.75, 3.05) is 6.54 Å². The van der Waals surface area contributed by atoms with E-state index in [1.165, 1.54) is 17.0 Å². The molecule has 0 aliphatic rings. The first kappa shape index (κ1) is 16.2. The zero-order chi connectivity index (χ0) is 15.1. The summed E-state index contributed by atoms with van der Waals surface area (Å²) in [7, 11) is 0. The summed E-state index contributed by atoms with van der Waals surface area (Å²) in [6.07, 6.45) is 3.33. The van der Waals surface area contributed by atoms with Gasteiger partial charge in [0.15, 0.2) is 0 Å². The molecule has 2 aromatic rings. The van der Waals surface area contributed by atoms with Crippen LogP contribution in [-0.2, 0) is 6.42 Å². The van der Waals surface area contributed by atoms with Crippen LogP contribution in [0, 0.1) is 6.92 Å². The van der Waals surface area contributed by atoms with Crippen molar-refractivity contribution in [2.24, 2.45) is 0 Å². The van der Waals surface area contributed by atoms with Gasteiger partial charge >= 0.3 is 0 Å². The molecule has 0 bridgehead atoms. The van der Waals surface area contributed by atoms with Crippen molar-refractivity contribution < 1.29 is 0 Å². The predicted molar refractivity (Wildman–Crippen MR) is 92.1 cm³/mol. The number of benzene rings is 1. The molecule has 1 heterocycles. The summed E-state index contributed by atoms with van der Waals surface area (Å²) in [5.74, 6) is 0.543. The van der Waals surface area contributed by atoms with Crippen molar-refractivity contribution >= 4 is 11.3 Å². The van der Waals surface area contributed by atoms with Gasteiger partial charge in [-0.2, -0.15) is 0 Å². The summed E-state index contributed by atoms with van der Waals surface area (Å²) in [5.41, 5.74) is 2.57. The van der Waals surface area contributed by atoms with E-state index in [9.17, 15) is 0 Å². The molecule has 1 N–H and O–H groups in total. The van der Waals surface area contributed by atoms with Crippen LogP contribution in [0.2, 0.25) is 0 Å². The molecule has 1 aromatic heterocycles. The van der Waals surface area contributed by atoms with Crippen molar-refractivity contribution in [1.82, 2.24) is 10.3 Å². The fraction of sp³-hybridized carbons (Fsp3) is 0.500. The maximum Gasteiger partial charge on any atom is 0.0943 e. The second-order valence-electron chi connectivity index (χ2n) is 5.57. The van der Waals surface area contributed by atoms with E-state index in [0.717, 1.165) is 25.1 Å². The molecule has 0 saturated carbocycles. The van der Waals surface area contributed by atoms with Gasteiger partial charge in [0.2, 0.25) is 0 Å². The summed E-state index contributed by atoms with van der Waals surface area (Å²) in [5, 5.41) is 7.14. The zero-order valence-corrected chi connectivity index (χ0v) is 14.1. The van der Waals surface area contributed by atoms with E-state index in [1.807, 2.05) is 0 Å². The Balaban J connectivity index is 2.16. The Bertz CT molecular complexity index is 521. The van der Waals surface area contributed by atoms with Crippen LogP contribution in [0.5, 0.6) is 0 Å². The Kier molecular flexibility index (Phi) is 6.40. The molecule has 0 spiro atoms. The third-order valence-electron chi connectivity index (χ3n) is 3.87. The smallest absolute Gasteiger partial charge is 0.0943 e. The van der Waals surface area contributed by atoms with E-state index in [4.69, 9.17) is 0 Å². The van der Waals surface area contributed by atoms with Gasteiger partial charge in [0.1, 0.15) is 0 Å². The molecule has 21 heavy (non-hydrogen) atoms. The second kappa shape index (κ2) is 8.30. The van der Waals surface area contributed by atoms with Crippen molar-refractivity contribution in [3.05, 3.63) is 52.0 Å². The first-order valence-electron chi connectivity index (χ1n) is 7.93. The zero-order valence-electron chi connectivity index (χ0n) is 13.3. The molecular weight excluding hydrogens is 276 g/mol. The Labute approximate surface area is 132 Å². The maximum atomic E-state index is 4.65. The van der Waals surface area contributed by atoms with E-state index in [1.54, 1.807) is 11.3 Å². The Morgan fingerprint density at radius 1 is 1.19 bits per heavy atom. The summed E-state index contributed by atoms with van der Waals surface area (Å²) < 4.78 is 0. The number of hydrogen-bond acceptors (Lipinski definition) is 3. The minimum Gasteiger partial charge on any atom is -0.313 e. The quantitative estimate of drug-likeness (QED) is 0.773. The highest BCUT2D eigenvalue weighted by Crippen LogP contribution is 2.26. The van der Waals surface area contributed by atoms with Crippen LogP contribution >= 0.6 is 11.3 Å². The lowest BCUT2D eigenvalue weighted by molar-refractivity contribution is 0.418. The average Bonchev–Trinajstić information content (AvgIpc) is 2.91. The Morgan fingerprint density at radius 3 is 2.52 bits per heavy atom. The summed E-state index contributed by atoms with van der Waals surface area (Å²) >= 11 is 1.78. The third-order valence-corrected chi connectivity index (χ3v) is 4.86. The Morgan fingerprint density at radius 2 is 1.95 bits per heavy atom. The van der Waals surface area contributed by atoms with Gasteiger partial charge in [0.25, 0.3) is 0 Å². The van der Waals surface area contributed by atoms with Gasteiger partial charge in [0, 0.05) is 23.5 Å². The largest absolute Gasteiger partial charge is 0.313 e. The molecule has 0 aliphatic carbocycles. The maximum absolute atomic E-state index is 4.65. The molecule has 2 nitrogen and oxygen atoms in total. The van der Waals surface area contributed by atoms with Crippen molar-refractivity contribution in [1.29, 1.82) is 0 Å². The van der Waals surface area contributed by atoms with Gasteiger partial charge in [-0.3, -0.25) is 0 Å². The minimum absolute atomic E-state index is 0.461. The number of thiazole rings is 1. The molecule has 0 fully saturated rings. The summed E-state index contributed by atoms with van der Waals surface area (Å²) in [4.78, 5) is 4.65. The van der Waals surface area contributed by atoms with Crippen molar-refractivity contribution in [3.63, 3.8) is 0 Å². The van der Waals surface area contributed by atoms with E-state index in [0.29, 0.717) is 12.0 Å². The molecule has 0 radical (unpaired) electrons. The van der Waals surface area contributed by atoms with Crippen LogP contribution in [0.25, 0.3) is 0 Å². The highest BCUT2D eigenvalue weighted by atomic mass is 32.1. The van der Waals surface area contributed by atoms with E-state index >= 15 is 0 Å². The Hall–Kier alpha value is -1.19. The molecule has 3 heteroatoms. The molecule has 1 aromatic carbocycles. The molecule has 0 saturated heterocycles. The SMILES string of the molecule is CCCNC(Cc1nc(C)cs1)C(CC)c1ccccc1. The van der Waals surface area contributed by atoms with Gasteiger partial charge in [-0.25, -0.2) is 4.98 Å². The van der Waals surface area contributed by atoms with Crippen molar-refractivity contribution in [2.45, 2.75) is 52.0 Å². The fourth-order valence-corrected chi connectivity index (χ4v) is 3.66. The van der Waals surface area contributed by atoms with Crippen molar-refractivity contribution in [3.8, 4) is 0 Å². The first-order chi connectivity index (χ1) is 10.2. The van der Waals surface area contributed by atoms with Gasteiger partial charge < -0.3 is 5.32 Å². The summed E-state index contributed by atoms with van der Waals surface area (Å²) in [6.45, 7) is 7.65. The number of nitrogens with zero attached hydrogens (tertiary/aromatic N) is 1. The lowest BCUT2D eigenvalue weighted by Crippen LogP contribution is -2.37. The van der Waals surface area contributed by atoms with Gasteiger partial charge in [0.05, 0.1) is 5.01 Å². The minimum atomic E-state index is 0.461. The molecular formula is C18H26N2S. The summed E-state index contributed by atoms with van der Waals surface area (Å²) in [6, 6.07) is 11.3. The molecule has 0 aliphatic heterocycles. The second-order valence-corrected chi connectivity index (χ2v) is 6.52. The molecule has 0 amide bonds.